The van der Waals surface area contributed by atoms with Crippen LogP contribution >= 0.6 is 23.2 Å². The summed E-state index contributed by atoms with van der Waals surface area (Å²) in [5.74, 6) is -5.25. The van der Waals surface area contributed by atoms with Crippen LogP contribution in [0.2, 0.25) is 10.0 Å². The van der Waals surface area contributed by atoms with Gasteiger partial charge in [-0.15, -0.1) is 0 Å². The molecule has 0 spiro atoms. The zero-order valence-electron chi connectivity index (χ0n) is 20.4. The van der Waals surface area contributed by atoms with Crippen LogP contribution in [0.1, 0.15) is 49.3 Å². The number of halogens is 5. The van der Waals surface area contributed by atoms with Gasteiger partial charge in [0.05, 0.1) is 29.0 Å². The number of hydrogen-bond acceptors (Lipinski definition) is 2. The molecule has 0 aromatic heterocycles. The number of aliphatic carboxylic acids is 1. The number of carbonyl (C=O) groups excluding carboxylic acids is 1. The Balaban J connectivity index is 2.04. The maximum absolute atomic E-state index is 13.7. The van der Waals surface area contributed by atoms with Crippen molar-refractivity contribution in [2.24, 2.45) is 5.92 Å². The molecule has 0 fully saturated rings. The number of rotatable bonds is 8. The number of nitrogens with one attached hydrogen (secondary N) is 1. The van der Waals surface area contributed by atoms with Gasteiger partial charge in [-0.1, -0.05) is 80.4 Å². The van der Waals surface area contributed by atoms with Gasteiger partial charge in [0.1, 0.15) is 0 Å². The van der Waals surface area contributed by atoms with Crippen molar-refractivity contribution < 1.29 is 27.9 Å². The van der Waals surface area contributed by atoms with Gasteiger partial charge in [-0.05, 0) is 58.0 Å². The summed E-state index contributed by atoms with van der Waals surface area (Å²) in [6.07, 6.45) is -4.85. The monoisotopic (exact) mass is 551 g/mol. The highest BCUT2D eigenvalue weighted by atomic mass is 35.5. The molecule has 0 saturated heterocycles. The Morgan fingerprint density at radius 1 is 0.919 bits per heavy atom. The van der Waals surface area contributed by atoms with E-state index in [-0.39, 0.29) is 28.6 Å². The average molecular weight is 552 g/mol. The van der Waals surface area contributed by atoms with Crippen LogP contribution in [0.3, 0.4) is 0 Å². The van der Waals surface area contributed by atoms with Crippen LogP contribution in [-0.2, 0) is 16.0 Å². The zero-order chi connectivity index (χ0) is 27.5. The van der Waals surface area contributed by atoms with E-state index in [0.29, 0.717) is 21.7 Å². The molecule has 0 aliphatic carbocycles. The molecule has 3 aromatic carbocycles. The third-order valence-corrected chi connectivity index (χ3v) is 6.79. The molecule has 2 N–H and O–H groups in total. The topological polar surface area (TPSA) is 66.4 Å². The number of carboxylic acid groups (broad SMARTS) is 1. The minimum atomic E-state index is -4.63. The molecule has 0 aliphatic rings. The molecule has 196 valence electrons. The summed E-state index contributed by atoms with van der Waals surface area (Å²) in [6.45, 7) is 4.96. The number of carboxylic acids is 1. The molecule has 0 radical (unpaired) electrons. The summed E-state index contributed by atoms with van der Waals surface area (Å²) in [5, 5.41) is 12.4. The molecule has 1 amide bonds. The van der Waals surface area contributed by atoms with E-state index in [1.54, 1.807) is 18.2 Å². The van der Waals surface area contributed by atoms with E-state index in [0.717, 1.165) is 12.5 Å². The number of anilines is 1. The third kappa shape index (κ3) is 7.05. The minimum absolute atomic E-state index is 0.119. The van der Waals surface area contributed by atoms with Crippen molar-refractivity contribution in [3.8, 4) is 11.1 Å². The SMILES string of the molecule is CC(C)c1ccc(CC(=O)O)c(-c2ccc(Cl)c(NC(=O)[C@H](c3ccc(Cl)cc3)[C@@H](C)C(F)(F)F)c2)c1. The molecule has 0 bridgehead atoms. The number of amides is 1. The fraction of sp³-hybridized carbons (Fsp3) is 0.286. The molecular formula is C28H26Cl2F3NO3. The molecule has 0 unspecified atom stereocenters. The van der Waals surface area contributed by atoms with E-state index in [9.17, 15) is 27.9 Å². The number of alkyl halides is 3. The van der Waals surface area contributed by atoms with Gasteiger partial charge in [-0.25, -0.2) is 0 Å². The summed E-state index contributed by atoms with van der Waals surface area (Å²) < 4.78 is 41.1. The van der Waals surface area contributed by atoms with Crippen LogP contribution in [0.15, 0.2) is 60.7 Å². The van der Waals surface area contributed by atoms with Crippen molar-refractivity contribution in [1.29, 1.82) is 0 Å². The van der Waals surface area contributed by atoms with E-state index in [4.69, 9.17) is 23.2 Å². The summed E-state index contributed by atoms with van der Waals surface area (Å²) >= 11 is 12.2. The smallest absolute Gasteiger partial charge is 0.392 e. The van der Waals surface area contributed by atoms with Crippen molar-refractivity contribution in [3.05, 3.63) is 87.4 Å². The lowest BCUT2D eigenvalue weighted by atomic mass is 9.85. The first-order valence-electron chi connectivity index (χ1n) is 11.6. The lowest BCUT2D eigenvalue weighted by Crippen LogP contribution is -2.34. The molecule has 37 heavy (non-hydrogen) atoms. The summed E-state index contributed by atoms with van der Waals surface area (Å²) in [4.78, 5) is 24.7. The van der Waals surface area contributed by atoms with Gasteiger partial charge in [-0.3, -0.25) is 9.59 Å². The standard InChI is InChI=1S/C28H26Cl2F3NO3/c1-15(2)18-4-5-20(14-25(35)36)22(12-18)19-8-11-23(30)24(13-19)34-27(37)26(16(3)28(31,32)33)17-6-9-21(29)10-7-17/h4-13,15-16,26H,14H2,1-3H3,(H,34,37)(H,35,36)/t16-,26+/m1/s1. The van der Waals surface area contributed by atoms with E-state index in [1.807, 2.05) is 26.0 Å². The Hall–Kier alpha value is -3.03. The second-order valence-electron chi connectivity index (χ2n) is 9.19. The van der Waals surface area contributed by atoms with Gasteiger partial charge < -0.3 is 10.4 Å². The third-order valence-electron chi connectivity index (χ3n) is 6.21. The fourth-order valence-corrected chi connectivity index (χ4v) is 4.36. The predicted octanol–water partition coefficient (Wildman–Crippen LogP) is 8.33. The van der Waals surface area contributed by atoms with E-state index < -0.39 is 29.9 Å². The van der Waals surface area contributed by atoms with Crippen LogP contribution < -0.4 is 5.32 Å². The van der Waals surface area contributed by atoms with Crippen molar-refractivity contribution in [2.75, 3.05) is 5.32 Å². The maximum Gasteiger partial charge on any atom is 0.392 e. The van der Waals surface area contributed by atoms with Crippen molar-refractivity contribution in [2.45, 2.75) is 45.2 Å². The highest BCUT2D eigenvalue weighted by Crippen LogP contribution is 2.39. The fourth-order valence-electron chi connectivity index (χ4n) is 4.06. The average Bonchev–Trinajstić information content (AvgIpc) is 2.81. The van der Waals surface area contributed by atoms with Crippen LogP contribution in [0.25, 0.3) is 11.1 Å². The van der Waals surface area contributed by atoms with Gasteiger partial charge in [0.15, 0.2) is 0 Å². The highest BCUT2D eigenvalue weighted by molar-refractivity contribution is 6.34. The van der Waals surface area contributed by atoms with Crippen molar-refractivity contribution in [3.63, 3.8) is 0 Å². The van der Waals surface area contributed by atoms with Gasteiger partial charge >= 0.3 is 12.1 Å². The molecule has 3 aromatic rings. The lowest BCUT2D eigenvalue weighted by molar-refractivity contribution is -0.178. The molecule has 9 heteroatoms. The molecule has 3 rings (SSSR count). The van der Waals surface area contributed by atoms with Crippen LogP contribution in [0, 0.1) is 5.92 Å². The lowest BCUT2D eigenvalue weighted by Gasteiger charge is -2.26. The van der Waals surface area contributed by atoms with Gasteiger partial charge in [0, 0.05) is 5.02 Å². The van der Waals surface area contributed by atoms with Crippen molar-refractivity contribution in [1.82, 2.24) is 0 Å². The maximum atomic E-state index is 13.7. The first kappa shape index (κ1) is 28.5. The highest BCUT2D eigenvalue weighted by Gasteiger charge is 2.45. The predicted molar refractivity (Wildman–Crippen MR) is 140 cm³/mol. The molecular weight excluding hydrogens is 526 g/mol. The van der Waals surface area contributed by atoms with Gasteiger partial charge in [0.25, 0.3) is 0 Å². The van der Waals surface area contributed by atoms with Crippen molar-refractivity contribution >= 4 is 40.8 Å². The zero-order valence-corrected chi connectivity index (χ0v) is 21.9. The van der Waals surface area contributed by atoms with E-state index in [1.165, 1.54) is 30.3 Å². The Morgan fingerprint density at radius 2 is 1.54 bits per heavy atom. The Labute approximate surface area is 223 Å². The Kier molecular flexibility index (Phi) is 8.92. The molecule has 4 nitrogen and oxygen atoms in total. The molecule has 0 saturated carbocycles. The van der Waals surface area contributed by atoms with Crippen LogP contribution in [0.5, 0.6) is 0 Å². The number of hydrogen-bond donors (Lipinski definition) is 2. The normalized spacial score (nSPS) is 13.3. The molecule has 0 aliphatic heterocycles. The summed E-state index contributed by atoms with van der Waals surface area (Å²) in [5.41, 5.74) is 3.03. The molecule has 0 heterocycles. The Bertz CT molecular complexity index is 1290. The summed E-state index contributed by atoms with van der Waals surface area (Å²) in [6, 6.07) is 15.9. The van der Waals surface area contributed by atoms with Gasteiger partial charge in [0.2, 0.25) is 5.91 Å². The molecule has 2 atom stereocenters. The first-order chi connectivity index (χ1) is 17.3. The minimum Gasteiger partial charge on any atom is -0.481 e. The summed E-state index contributed by atoms with van der Waals surface area (Å²) in [7, 11) is 0. The number of benzene rings is 3. The quantitative estimate of drug-likeness (QED) is 0.295. The number of carbonyl (C=O) groups is 2. The Morgan fingerprint density at radius 3 is 2.11 bits per heavy atom. The first-order valence-corrected chi connectivity index (χ1v) is 12.3. The largest absolute Gasteiger partial charge is 0.481 e. The second-order valence-corrected chi connectivity index (χ2v) is 10.0. The van der Waals surface area contributed by atoms with Crippen LogP contribution in [0.4, 0.5) is 18.9 Å². The van der Waals surface area contributed by atoms with Crippen LogP contribution in [-0.4, -0.2) is 23.2 Å². The van der Waals surface area contributed by atoms with Gasteiger partial charge in [-0.2, -0.15) is 13.2 Å². The van der Waals surface area contributed by atoms with E-state index in [2.05, 4.69) is 5.32 Å². The van der Waals surface area contributed by atoms with E-state index >= 15 is 0 Å². The second kappa shape index (κ2) is 11.6.